The van der Waals surface area contributed by atoms with E-state index in [-0.39, 0.29) is 18.4 Å². The molecule has 0 saturated carbocycles. The summed E-state index contributed by atoms with van der Waals surface area (Å²) in [7, 11) is 1.59. The molecule has 0 spiro atoms. The van der Waals surface area contributed by atoms with Crippen molar-refractivity contribution in [3.05, 3.63) is 42.7 Å². The largest absolute Gasteiger partial charge is 0.497 e. The van der Waals surface area contributed by atoms with Gasteiger partial charge in [-0.3, -0.25) is 9.59 Å². The van der Waals surface area contributed by atoms with Crippen molar-refractivity contribution < 1.29 is 19.2 Å². The molecule has 1 aliphatic heterocycles. The third-order valence-electron chi connectivity index (χ3n) is 5.13. The molecule has 1 aliphatic rings. The summed E-state index contributed by atoms with van der Waals surface area (Å²) in [4.78, 5) is 38.6. The molecule has 1 atom stereocenters. The molecular weight excluding hydrogens is 384 g/mol. The van der Waals surface area contributed by atoms with Gasteiger partial charge in [0.25, 0.3) is 11.8 Å². The Hall–Kier alpha value is -3.20. The summed E-state index contributed by atoms with van der Waals surface area (Å²) in [5, 5.41) is 2.87. The Morgan fingerprint density at radius 1 is 1.10 bits per heavy atom. The van der Waals surface area contributed by atoms with Crippen LogP contribution in [0, 0.1) is 0 Å². The van der Waals surface area contributed by atoms with E-state index in [0.717, 1.165) is 4.90 Å². The number of anilines is 2. The molecule has 9 nitrogen and oxygen atoms in total. The molecule has 2 amide bonds. The Bertz CT molecular complexity index is 840. The number of amides is 2. The summed E-state index contributed by atoms with van der Waals surface area (Å²) >= 11 is 0. The van der Waals surface area contributed by atoms with Crippen LogP contribution in [0.15, 0.2) is 42.7 Å². The number of hydrogen-bond acceptors (Lipinski definition) is 6. The zero-order chi connectivity index (χ0) is 21.3. The third kappa shape index (κ3) is 5.90. The lowest BCUT2D eigenvalue weighted by molar-refractivity contribution is -0.882. The molecule has 0 radical (unpaired) electrons. The first kappa shape index (κ1) is 21.5. The SMILES string of the molecule is CC[NH+](CC(=O)Nc1cccc(OC)c1)CC(=O)N1CCN(c2ncccn2)CC1. The molecule has 0 aliphatic carbocycles. The Kier molecular flexibility index (Phi) is 7.56. The first-order chi connectivity index (χ1) is 14.6. The van der Waals surface area contributed by atoms with Crippen molar-refractivity contribution in [2.45, 2.75) is 6.92 Å². The number of ether oxygens (including phenoxy) is 1. The molecular formula is C21H29N6O3+. The molecule has 30 heavy (non-hydrogen) atoms. The Morgan fingerprint density at radius 3 is 2.50 bits per heavy atom. The highest BCUT2D eigenvalue weighted by molar-refractivity contribution is 5.91. The second kappa shape index (κ2) is 10.5. The second-order valence-corrected chi connectivity index (χ2v) is 7.15. The van der Waals surface area contributed by atoms with Crippen LogP contribution in [0.1, 0.15) is 6.92 Å². The minimum absolute atomic E-state index is 0.0645. The minimum atomic E-state index is -0.126. The number of hydrogen-bond donors (Lipinski definition) is 2. The van der Waals surface area contributed by atoms with Crippen molar-refractivity contribution in [1.29, 1.82) is 0 Å². The molecule has 3 rings (SSSR count). The molecule has 2 N–H and O–H groups in total. The van der Waals surface area contributed by atoms with E-state index in [0.29, 0.717) is 56.7 Å². The fourth-order valence-corrected chi connectivity index (χ4v) is 3.38. The van der Waals surface area contributed by atoms with Gasteiger partial charge in [-0.1, -0.05) is 6.07 Å². The quantitative estimate of drug-likeness (QED) is 0.616. The molecule has 1 fully saturated rings. The number of nitrogens with one attached hydrogen (secondary N) is 2. The molecule has 0 bridgehead atoms. The van der Waals surface area contributed by atoms with E-state index < -0.39 is 0 Å². The van der Waals surface area contributed by atoms with Crippen molar-refractivity contribution >= 4 is 23.5 Å². The average molecular weight is 414 g/mol. The summed E-state index contributed by atoms with van der Waals surface area (Å²) in [6.07, 6.45) is 3.44. The van der Waals surface area contributed by atoms with Gasteiger partial charge in [-0.15, -0.1) is 0 Å². The number of aromatic nitrogens is 2. The third-order valence-corrected chi connectivity index (χ3v) is 5.13. The minimum Gasteiger partial charge on any atom is -0.497 e. The van der Waals surface area contributed by atoms with Gasteiger partial charge in [-0.05, 0) is 25.1 Å². The number of carbonyl (C=O) groups excluding carboxylic acids is 2. The molecule has 2 heterocycles. The summed E-state index contributed by atoms with van der Waals surface area (Å²) in [5.74, 6) is 1.32. The molecule has 1 aromatic heterocycles. The number of likely N-dealkylation sites (N-methyl/N-ethyl adjacent to an activating group) is 1. The van der Waals surface area contributed by atoms with Crippen LogP contribution in [0.3, 0.4) is 0 Å². The van der Waals surface area contributed by atoms with Crippen LogP contribution in [0.4, 0.5) is 11.6 Å². The van der Waals surface area contributed by atoms with Crippen molar-refractivity contribution in [3.63, 3.8) is 0 Å². The van der Waals surface area contributed by atoms with E-state index in [9.17, 15) is 9.59 Å². The summed E-state index contributed by atoms with van der Waals surface area (Å²) in [6, 6.07) is 9.01. The van der Waals surface area contributed by atoms with Gasteiger partial charge < -0.3 is 24.8 Å². The first-order valence-corrected chi connectivity index (χ1v) is 10.2. The Balaban J connectivity index is 1.47. The van der Waals surface area contributed by atoms with Gasteiger partial charge in [0.1, 0.15) is 5.75 Å². The topological polar surface area (TPSA) is 92.1 Å². The average Bonchev–Trinajstić information content (AvgIpc) is 2.79. The first-order valence-electron chi connectivity index (χ1n) is 10.2. The molecule has 1 aromatic carbocycles. The maximum Gasteiger partial charge on any atom is 0.279 e. The summed E-state index contributed by atoms with van der Waals surface area (Å²) < 4.78 is 5.18. The van der Waals surface area contributed by atoms with E-state index in [1.807, 2.05) is 30.0 Å². The van der Waals surface area contributed by atoms with E-state index in [1.54, 1.807) is 31.6 Å². The van der Waals surface area contributed by atoms with Crippen molar-refractivity contribution in [3.8, 4) is 5.75 Å². The highest BCUT2D eigenvalue weighted by Gasteiger charge is 2.25. The van der Waals surface area contributed by atoms with Crippen LogP contribution in [-0.2, 0) is 9.59 Å². The number of quaternary nitrogens is 1. The number of rotatable bonds is 8. The standard InChI is InChI=1S/C21H28N6O3/c1-3-25(15-19(28)24-17-6-4-7-18(14-17)30-2)16-20(29)26-10-12-27(13-11-26)21-22-8-5-9-23-21/h4-9,14H,3,10-13,15-16H2,1-2H3,(H,24,28)/p+1. The number of nitrogens with zero attached hydrogens (tertiary/aromatic N) is 4. The fraction of sp³-hybridized carbons (Fsp3) is 0.429. The van der Waals surface area contributed by atoms with Crippen LogP contribution in [0.2, 0.25) is 0 Å². The maximum atomic E-state index is 12.7. The van der Waals surface area contributed by atoms with Crippen LogP contribution < -0.4 is 19.9 Å². The lowest BCUT2D eigenvalue weighted by Crippen LogP contribution is -3.14. The zero-order valence-electron chi connectivity index (χ0n) is 17.5. The van der Waals surface area contributed by atoms with E-state index in [4.69, 9.17) is 4.74 Å². The second-order valence-electron chi connectivity index (χ2n) is 7.15. The van der Waals surface area contributed by atoms with Gasteiger partial charge in [-0.2, -0.15) is 0 Å². The van der Waals surface area contributed by atoms with Crippen molar-refractivity contribution in [2.24, 2.45) is 0 Å². The van der Waals surface area contributed by atoms with Gasteiger partial charge in [-0.25, -0.2) is 9.97 Å². The number of benzene rings is 1. The van der Waals surface area contributed by atoms with Crippen molar-refractivity contribution in [1.82, 2.24) is 14.9 Å². The van der Waals surface area contributed by atoms with Gasteiger partial charge >= 0.3 is 0 Å². The molecule has 9 heteroatoms. The van der Waals surface area contributed by atoms with Gasteiger partial charge in [0.05, 0.1) is 13.7 Å². The van der Waals surface area contributed by atoms with E-state index in [1.165, 1.54) is 0 Å². The number of methoxy groups -OCH3 is 1. The monoisotopic (exact) mass is 413 g/mol. The molecule has 2 aromatic rings. The highest BCUT2D eigenvalue weighted by atomic mass is 16.5. The molecule has 1 unspecified atom stereocenters. The Morgan fingerprint density at radius 2 is 1.83 bits per heavy atom. The summed E-state index contributed by atoms with van der Waals surface area (Å²) in [5.41, 5.74) is 0.681. The Labute approximate surface area is 176 Å². The predicted molar refractivity (Wildman–Crippen MR) is 114 cm³/mol. The lowest BCUT2D eigenvalue weighted by atomic mass is 10.3. The lowest BCUT2D eigenvalue weighted by Gasteiger charge is -2.35. The van der Waals surface area contributed by atoms with E-state index in [2.05, 4.69) is 20.2 Å². The highest BCUT2D eigenvalue weighted by Crippen LogP contribution is 2.16. The van der Waals surface area contributed by atoms with Gasteiger partial charge in [0, 0.05) is 50.3 Å². The fourth-order valence-electron chi connectivity index (χ4n) is 3.38. The number of piperazine rings is 1. The summed E-state index contributed by atoms with van der Waals surface area (Å²) in [6.45, 7) is 5.86. The van der Waals surface area contributed by atoms with Gasteiger partial charge in [0.15, 0.2) is 13.1 Å². The van der Waals surface area contributed by atoms with Crippen LogP contribution in [0.25, 0.3) is 0 Å². The molecule has 160 valence electrons. The van der Waals surface area contributed by atoms with E-state index >= 15 is 0 Å². The smallest absolute Gasteiger partial charge is 0.279 e. The van der Waals surface area contributed by atoms with Crippen LogP contribution in [0.5, 0.6) is 5.75 Å². The number of carbonyl (C=O) groups is 2. The predicted octanol–water partition coefficient (Wildman–Crippen LogP) is -0.323. The normalized spacial score (nSPS) is 14.9. The van der Waals surface area contributed by atoms with Crippen LogP contribution >= 0.6 is 0 Å². The maximum absolute atomic E-state index is 12.7. The van der Waals surface area contributed by atoms with Crippen molar-refractivity contribution in [2.75, 3.05) is 63.1 Å². The zero-order valence-corrected chi connectivity index (χ0v) is 17.5. The molecule has 1 saturated heterocycles. The van der Waals surface area contributed by atoms with Crippen LogP contribution in [-0.4, -0.2) is 79.6 Å². The van der Waals surface area contributed by atoms with Gasteiger partial charge in [0.2, 0.25) is 5.95 Å².